The molecule has 2 fully saturated rings. The summed E-state index contributed by atoms with van der Waals surface area (Å²) in [4.78, 5) is 15.1. The molecular weight excluding hydrogens is 406 g/mol. The zero-order valence-electron chi connectivity index (χ0n) is 16.8. The normalized spacial score (nSPS) is 16.9. The Morgan fingerprint density at radius 1 is 1.13 bits per heavy atom. The van der Waals surface area contributed by atoms with Crippen LogP contribution in [0.4, 0.5) is 11.4 Å². The van der Waals surface area contributed by atoms with Crippen LogP contribution in [0, 0.1) is 0 Å². The number of methoxy groups -OCH3 is 1. The standard InChI is InChI=1S/C21H25N3O5S/c1-28-19-9-6-15(14-20(19)30(26,27)23-16-7-8-16)21(25)22-17-4-2-3-5-18(17)24-10-12-29-13-11-24/h2-6,9,14,16,23H,7-8,10-13H2,1H3,(H,22,25). The second kappa shape index (κ2) is 8.63. The highest BCUT2D eigenvalue weighted by Gasteiger charge is 2.30. The molecule has 0 spiro atoms. The molecule has 2 aromatic carbocycles. The van der Waals surface area contributed by atoms with Gasteiger partial charge >= 0.3 is 0 Å². The van der Waals surface area contributed by atoms with E-state index in [-0.39, 0.29) is 28.2 Å². The molecule has 1 heterocycles. The first-order chi connectivity index (χ1) is 14.5. The predicted octanol–water partition coefficient (Wildman–Crippen LogP) is 2.22. The van der Waals surface area contributed by atoms with Crippen LogP contribution in [0.15, 0.2) is 47.4 Å². The third-order valence-corrected chi connectivity index (χ3v) is 6.66. The molecule has 9 heteroatoms. The summed E-state index contributed by atoms with van der Waals surface area (Å²) in [5, 5.41) is 2.92. The number of ether oxygens (including phenoxy) is 2. The van der Waals surface area contributed by atoms with Gasteiger partial charge in [0.1, 0.15) is 10.6 Å². The number of hydrogen-bond acceptors (Lipinski definition) is 6. The number of morpholine rings is 1. The monoisotopic (exact) mass is 431 g/mol. The van der Waals surface area contributed by atoms with Crippen molar-refractivity contribution in [2.75, 3.05) is 43.6 Å². The summed E-state index contributed by atoms with van der Waals surface area (Å²) in [6, 6.07) is 11.9. The van der Waals surface area contributed by atoms with Gasteiger partial charge in [-0.2, -0.15) is 0 Å². The molecule has 1 aliphatic heterocycles. The molecule has 1 saturated carbocycles. The second-order valence-corrected chi connectivity index (χ2v) is 9.01. The first-order valence-corrected chi connectivity index (χ1v) is 11.4. The van der Waals surface area contributed by atoms with Gasteiger partial charge in [0.2, 0.25) is 10.0 Å². The Bertz CT molecular complexity index is 1030. The largest absolute Gasteiger partial charge is 0.495 e. The molecule has 0 aromatic heterocycles. The van der Waals surface area contributed by atoms with Crippen molar-refractivity contribution in [2.45, 2.75) is 23.8 Å². The lowest BCUT2D eigenvalue weighted by atomic mass is 10.1. The molecule has 2 N–H and O–H groups in total. The lowest BCUT2D eigenvalue weighted by Crippen LogP contribution is -2.36. The summed E-state index contributed by atoms with van der Waals surface area (Å²) in [6.45, 7) is 2.75. The van der Waals surface area contributed by atoms with Gasteiger partial charge in [0.25, 0.3) is 5.91 Å². The molecule has 1 saturated heterocycles. The number of carbonyl (C=O) groups is 1. The average Bonchev–Trinajstić information content (AvgIpc) is 3.57. The van der Waals surface area contributed by atoms with E-state index in [0.29, 0.717) is 18.9 Å². The number of rotatable bonds is 7. The highest BCUT2D eigenvalue weighted by Crippen LogP contribution is 2.30. The number of carbonyl (C=O) groups excluding carboxylic acids is 1. The van der Waals surface area contributed by atoms with Gasteiger partial charge in [-0.1, -0.05) is 12.1 Å². The van der Waals surface area contributed by atoms with Crippen molar-refractivity contribution in [1.29, 1.82) is 0 Å². The van der Waals surface area contributed by atoms with Crippen LogP contribution in [-0.2, 0) is 14.8 Å². The van der Waals surface area contributed by atoms with Crippen LogP contribution in [0.5, 0.6) is 5.75 Å². The molecule has 8 nitrogen and oxygen atoms in total. The number of sulfonamides is 1. The molecule has 160 valence electrons. The Balaban J connectivity index is 1.59. The van der Waals surface area contributed by atoms with E-state index in [1.165, 1.54) is 19.2 Å². The second-order valence-electron chi connectivity index (χ2n) is 7.33. The fourth-order valence-electron chi connectivity index (χ4n) is 3.37. The van der Waals surface area contributed by atoms with Crippen LogP contribution >= 0.6 is 0 Å². The minimum Gasteiger partial charge on any atom is -0.495 e. The van der Waals surface area contributed by atoms with Gasteiger partial charge in [0.05, 0.1) is 31.7 Å². The van der Waals surface area contributed by atoms with Gasteiger partial charge in [-0.3, -0.25) is 4.79 Å². The van der Waals surface area contributed by atoms with E-state index in [9.17, 15) is 13.2 Å². The Kier molecular flexibility index (Phi) is 5.94. The molecule has 2 aromatic rings. The predicted molar refractivity (Wildman–Crippen MR) is 114 cm³/mol. The number of nitrogens with zero attached hydrogens (tertiary/aromatic N) is 1. The van der Waals surface area contributed by atoms with Crippen LogP contribution in [0.2, 0.25) is 0 Å². The summed E-state index contributed by atoms with van der Waals surface area (Å²) in [7, 11) is -2.36. The van der Waals surface area contributed by atoms with Crippen molar-refractivity contribution >= 4 is 27.3 Å². The maximum Gasteiger partial charge on any atom is 0.255 e. The van der Waals surface area contributed by atoms with E-state index in [1.807, 2.05) is 24.3 Å². The topological polar surface area (TPSA) is 97.0 Å². The number of benzene rings is 2. The van der Waals surface area contributed by atoms with Crippen LogP contribution in [0.25, 0.3) is 0 Å². The molecule has 0 atom stereocenters. The van der Waals surface area contributed by atoms with Crippen molar-refractivity contribution in [1.82, 2.24) is 4.72 Å². The fraction of sp³-hybridized carbons (Fsp3) is 0.381. The molecule has 1 aliphatic carbocycles. The van der Waals surface area contributed by atoms with Crippen molar-refractivity contribution < 1.29 is 22.7 Å². The van der Waals surface area contributed by atoms with Crippen LogP contribution in [-0.4, -0.2) is 53.8 Å². The Morgan fingerprint density at radius 3 is 2.57 bits per heavy atom. The quantitative estimate of drug-likeness (QED) is 0.698. The molecule has 30 heavy (non-hydrogen) atoms. The van der Waals surface area contributed by atoms with E-state index >= 15 is 0 Å². The third-order valence-electron chi connectivity index (χ3n) is 5.12. The van der Waals surface area contributed by atoms with Gasteiger partial charge in [0, 0.05) is 24.7 Å². The van der Waals surface area contributed by atoms with Crippen LogP contribution < -0.4 is 19.7 Å². The van der Waals surface area contributed by atoms with Crippen molar-refractivity contribution in [3.8, 4) is 5.75 Å². The molecule has 0 bridgehead atoms. The van der Waals surface area contributed by atoms with E-state index in [2.05, 4.69) is 14.9 Å². The van der Waals surface area contributed by atoms with E-state index in [4.69, 9.17) is 9.47 Å². The minimum absolute atomic E-state index is 0.0361. The maximum absolute atomic E-state index is 13.0. The molecular formula is C21H25N3O5S. The number of hydrogen-bond donors (Lipinski definition) is 2. The number of anilines is 2. The van der Waals surface area contributed by atoms with E-state index < -0.39 is 10.0 Å². The van der Waals surface area contributed by atoms with Gasteiger partial charge in [0.15, 0.2) is 0 Å². The highest BCUT2D eigenvalue weighted by molar-refractivity contribution is 7.89. The number of para-hydroxylation sites is 2. The minimum atomic E-state index is -3.77. The molecule has 4 rings (SSSR count). The van der Waals surface area contributed by atoms with Gasteiger partial charge in [-0.25, -0.2) is 13.1 Å². The van der Waals surface area contributed by atoms with Crippen molar-refractivity contribution in [3.63, 3.8) is 0 Å². The van der Waals surface area contributed by atoms with Crippen molar-refractivity contribution in [2.24, 2.45) is 0 Å². The smallest absolute Gasteiger partial charge is 0.255 e. The SMILES string of the molecule is COc1ccc(C(=O)Nc2ccccc2N2CCOCC2)cc1S(=O)(=O)NC1CC1. The lowest BCUT2D eigenvalue weighted by molar-refractivity contribution is 0.102. The Morgan fingerprint density at radius 2 is 1.87 bits per heavy atom. The Hall–Kier alpha value is -2.62. The molecule has 1 amide bonds. The van der Waals surface area contributed by atoms with Crippen LogP contribution in [0.1, 0.15) is 23.2 Å². The van der Waals surface area contributed by atoms with Crippen LogP contribution in [0.3, 0.4) is 0 Å². The van der Waals surface area contributed by atoms with E-state index in [0.717, 1.165) is 31.6 Å². The summed E-state index contributed by atoms with van der Waals surface area (Å²) in [5.41, 5.74) is 1.82. The third kappa shape index (κ3) is 4.58. The first-order valence-electron chi connectivity index (χ1n) is 9.91. The number of amides is 1. The Labute approximate surface area is 176 Å². The van der Waals surface area contributed by atoms with Crippen molar-refractivity contribution in [3.05, 3.63) is 48.0 Å². The summed E-state index contributed by atoms with van der Waals surface area (Å²) in [5.74, 6) is -0.186. The highest BCUT2D eigenvalue weighted by atomic mass is 32.2. The zero-order chi connectivity index (χ0) is 21.1. The summed E-state index contributed by atoms with van der Waals surface area (Å²) in [6.07, 6.45) is 1.64. The number of nitrogens with one attached hydrogen (secondary N) is 2. The molecule has 2 aliphatic rings. The first kappa shape index (κ1) is 20.6. The fourth-order valence-corrected chi connectivity index (χ4v) is 4.87. The molecule has 0 unspecified atom stereocenters. The van der Waals surface area contributed by atoms with Gasteiger partial charge in [-0.15, -0.1) is 0 Å². The van der Waals surface area contributed by atoms with Gasteiger partial charge < -0.3 is 19.7 Å². The maximum atomic E-state index is 13.0. The average molecular weight is 432 g/mol. The zero-order valence-corrected chi connectivity index (χ0v) is 17.6. The lowest BCUT2D eigenvalue weighted by Gasteiger charge is -2.30. The van der Waals surface area contributed by atoms with E-state index in [1.54, 1.807) is 6.07 Å². The summed E-state index contributed by atoms with van der Waals surface area (Å²) < 4.78 is 38.7. The summed E-state index contributed by atoms with van der Waals surface area (Å²) >= 11 is 0. The van der Waals surface area contributed by atoms with Gasteiger partial charge in [-0.05, 0) is 43.2 Å². The molecule has 0 radical (unpaired) electrons.